The lowest BCUT2D eigenvalue weighted by Crippen LogP contribution is -2.09. The number of phenolic OH excluding ortho intramolecular Hbond substituents is 1. The Bertz CT molecular complexity index is 2620. The fourth-order valence-electron chi connectivity index (χ4n) is 8.57. The monoisotopic (exact) mass is 1090 g/mol. The minimum absolute atomic E-state index is 0.00731. The zero-order chi connectivity index (χ0) is 46.5. The summed E-state index contributed by atoms with van der Waals surface area (Å²) in [4.78, 5) is 33.8. The average Bonchev–Trinajstić information content (AvgIpc) is 4.15. The van der Waals surface area contributed by atoms with Crippen LogP contribution in [-0.4, -0.2) is 55.4 Å². The predicted molar refractivity (Wildman–Crippen MR) is 244 cm³/mol. The summed E-state index contributed by atoms with van der Waals surface area (Å²) in [7, 11) is 2.75. The molecule has 0 saturated heterocycles. The van der Waals surface area contributed by atoms with Crippen LogP contribution in [0.15, 0.2) is 86.2 Å². The Morgan fingerprint density at radius 2 is 1.18 bits per heavy atom. The SMILES string of the molecule is COC(=O)CC1COc2cc(O)ccc21.COC(=O)CC1COc2cc(OC3CCc4c(Br)ccc(F)c43)ccc21.O=C1CCc2c(Br)ccc(F)c21.OC1CCc2c(Br)ccc(F)c21. The number of Topliss-reactive ketones (excluding diaryl/α,β-unsaturated/α-hetero) is 1. The molecule has 3 aliphatic carbocycles. The van der Waals surface area contributed by atoms with Crippen molar-refractivity contribution in [3.8, 4) is 23.0 Å². The van der Waals surface area contributed by atoms with Crippen molar-refractivity contribution in [3.63, 3.8) is 0 Å². The smallest absolute Gasteiger partial charge is 0.306 e. The van der Waals surface area contributed by atoms with Gasteiger partial charge in [-0.15, -0.1) is 0 Å². The minimum atomic E-state index is -0.613. The van der Waals surface area contributed by atoms with Gasteiger partial charge in [-0.1, -0.05) is 59.9 Å². The number of carbonyl (C=O) groups excluding carboxylic acids is 3. The quantitative estimate of drug-likeness (QED) is 0.158. The summed E-state index contributed by atoms with van der Waals surface area (Å²) in [6, 6.07) is 19.8. The number of hydrogen-bond acceptors (Lipinski definition) is 10. The molecule has 342 valence electrons. The third kappa shape index (κ3) is 10.9. The van der Waals surface area contributed by atoms with Gasteiger partial charge in [-0.3, -0.25) is 14.4 Å². The van der Waals surface area contributed by atoms with E-state index in [0.29, 0.717) is 73.7 Å². The van der Waals surface area contributed by atoms with Crippen molar-refractivity contribution in [2.75, 3.05) is 27.4 Å². The van der Waals surface area contributed by atoms with E-state index >= 15 is 0 Å². The van der Waals surface area contributed by atoms with Crippen molar-refractivity contribution < 1.29 is 61.5 Å². The lowest BCUT2D eigenvalue weighted by Gasteiger charge is -2.16. The molecule has 0 saturated carbocycles. The van der Waals surface area contributed by atoms with Gasteiger partial charge in [0.15, 0.2) is 5.78 Å². The summed E-state index contributed by atoms with van der Waals surface area (Å²) < 4.78 is 69.6. The van der Waals surface area contributed by atoms with E-state index in [-0.39, 0.29) is 58.6 Å². The number of methoxy groups -OCH3 is 2. The molecule has 0 fully saturated rings. The number of halogens is 6. The summed E-state index contributed by atoms with van der Waals surface area (Å²) in [5, 5.41) is 18.7. The van der Waals surface area contributed by atoms with E-state index in [9.17, 15) is 37.8 Å². The molecular weight excluding hydrogens is 1050 g/mol. The van der Waals surface area contributed by atoms with Crippen LogP contribution in [0.25, 0.3) is 0 Å². The van der Waals surface area contributed by atoms with Crippen LogP contribution in [0.1, 0.15) is 105 Å². The Hall–Kier alpha value is -4.90. The number of rotatable bonds is 6. The van der Waals surface area contributed by atoms with E-state index in [0.717, 1.165) is 60.5 Å². The summed E-state index contributed by atoms with van der Waals surface area (Å²) in [5.41, 5.74) is 6.04. The molecule has 65 heavy (non-hydrogen) atoms. The van der Waals surface area contributed by atoms with E-state index in [1.807, 2.05) is 18.2 Å². The van der Waals surface area contributed by atoms with Gasteiger partial charge in [0.05, 0.1) is 51.9 Å². The van der Waals surface area contributed by atoms with Gasteiger partial charge in [0.1, 0.15) is 46.6 Å². The normalized spacial score (nSPS) is 18.9. The number of carbonyl (C=O) groups is 3. The number of aromatic hydroxyl groups is 1. The number of aliphatic hydroxyl groups excluding tert-OH is 1. The lowest BCUT2D eigenvalue weighted by molar-refractivity contribution is -0.142. The largest absolute Gasteiger partial charge is 0.508 e. The molecule has 2 heterocycles. The molecule has 5 aromatic carbocycles. The molecule has 0 aromatic heterocycles. The second-order valence-electron chi connectivity index (χ2n) is 15.8. The Kier molecular flexibility index (Phi) is 15.6. The highest BCUT2D eigenvalue weighted by Gasteiger charge is 2.32. The highest BCUT2D eigenvalue weighted by Crippen LogP contribution is 2.44. The first-order chi connectivity index (χ1) is 31.2. The molecule has 0 amide bonds. The number of benzene rings is 5. The van der Waals surface area contributed by atoms with Crippen LogP contribution in [0.5, 0.6) is 23.0 Å². The number of fused-ring (bicyclic) bond motifs is 5. The highest BCUT2D eigenvalue weighted by atomic mass is 79.9. The summed E-state index contributed by atoms with van der Waals surface area (Å²) >= 11 is 10.1. The van der Waals surface area contributed by atoms with Crippen LogP contribution in [-0.2, 0) is 38.3 Å². The molecule has 10 nitrogen and oxygen atoms in total. The van der Waals surface area contributed by atoms with Crippen molar-refractivity contribution in [1.82, 2.24) is 0 Å². The molecule has 0 bridgehead atoms. The number of hydrogen-bond donors (Lipinski definition) is 2. The Morgan fingerprint density at radius 3 is 1.77 bits per heavy atom. The summed E-state index contributed by atoms with van der Waals surface area (Å²) in [6.07, 6.45) is 3.68. The maximum absolute atomic E-state index is 14.3. The Balaban J connectivity index is 0.000000138. The van der Waals surface area contributed by atoms with Gasteiger partial charge in [-0.25, -0.2) is 13.2 Å². The van der Waals surface area contributed by atoms with E-state index < -0.39 is 11.9 Å². The van der Waals surface area contributed by atoms with Crippen molar-refractivity contribution in [3.05, 3.63) is 148 Å². The first-order valence-corrected chi connectivity index (χ1v) is 23.2. The van der Waals surface area contributed by atoms with E-state index in [1.54, 1.807) is 36.4 Å². The van der Waals surface area contributed by atoms with Gasteiger partial charge >= 0.3 is 11.9 Å². The maximum atomic E-state index is 14.3. The fraction of sp³-hybridized carbons (Fsp3) is 0.327. The molecule has 16 heteroatoms. The van der Waals surface area contributed by atoms with E-state index in [2.05, 4.69) is 52.5 Å². The second kappa shape index (κ2) is 21.2. The topological polar surface area (TPSA) is 138 Å². The van der Waals surface area contributed by atoms with Crippen molar-refractivity contribution in [2.45, 2.75) is 75.4 Å². The minimum Gasteiger partial charge on any atom is -0.508 e. The Labute approximate surface area is 398 Å². The zero-order valence-corrected chi connectivity index (χ0v) is 40.0. The van der Waals surface area contributed by atoms with Gasteiger partial charge in [-0.05, 0) is 97.3 Å². The third-order valence-electron chi connectivity index (χ3n) is 11.9. The van der Waals surface area contributed by atoms with Crippen LogP contribution in [0.4, 0.5) is 13.2 Å². The third-order valence-corrected chi connectivity index (χ3v) is 14.1. The van der Waals surface area contributed by atoms with Crippen LogP contribution in [0.3, 0.4) is 0 Å². The number of ketones is 1. The van der Waals surface area contributed by atoms with Gasteiger partial charge in [0.2, 0.25) is 0 Å². The van der Waals surface area contributed by atoms with Crippen molar-refractivity contribution in [1.29, 1.82) is 0 Å². The van der Waals surface area contributed by atoms with Crippen LogP contribution in [0, 0.1) is 17.5 Å². The first-order valence-electron chi connectivity index (χ1n) is 20.8. The van der Waals surface area contributed by atoms with Crippen molar-refractivity contribution >= 4 is 65.5 Å². The van der Waals surface area contributed by atoms with Gasteiger partial charge in [0.25, 0.3) is 0 Å². The summed E-state index contributed by atoms with van der Waals surface area (Å²) in [6.45, 7) is 0.912. The number of esters is 2. The van der Waals surface area contributed by atoms with Gasteiger partial charge < -0.3 is 33.9 Å². The first kappa shape index (κ1) is 48.0. The van der Waals surface area contributed by atoms with Gasteiger partial charge in [0, 0.05) is 66.1 Å². The van der Waals surface area contributed by atoms with E-state index in [4.69, 9.17) is 18.9 Å². The fourth-order valence-corrected chi connectivity index (χ4v) is 10.2. The maximum Gasteiger partial charge on any atom is 0.306 e. The average molecular weight is 1090 g/mol. The lowest BCUT2D eigenvalue weighted by atomic mass is 9.98. The molecule has 2 aliphatic heterocycles. The van der Waals surface area contributed by atoms with Gasteiger partial charge in [-0.2, -0.15) is 0 Å². The highest BCUT2D eigenvalue weighted by molar-refractivity contribution is 9.11. The molecule has 2 N–H and O–H groups in total. The second-order valence-corrected chi connectivity index (χ2v) is 18.4. The van der Waals surface area contributed by atoms with Crippen LogP contribution in [0.2, 0.25) is 0 Å². The standard InChI is InChI=1S/C20H18BrFO4.C11H12O4.C9H8BrFO.C9H6BrFO/c1-24-19(23)8-11-10-25-18-9-12(2-3-13(11)18)26-17-7-4-14-15(21)5-6-16(22)20(14)17;1-14-11(13)4-7-6-15-10-5-8(12)2-3-9(7)10;2*10-6-2-3-7(11)9-5(6)1-4-8(9)12/h2-3,5-6,9,11,17H,4,7-8,10H2,1H3;2-3,5,7,12H,4,6H2,1H3;2-3,8,12H,1,4H2;2-3H,1,4H2. The molecule has 0 radical (unpaired) electrons. The molecule has 10 rings (SSSR count). The molecule has 4 atom stereocenters. The van der Waals surface area contributed by atoms with E-state index in [1.165, 1.54) is 32.4 Å². The molecule has 0 spiro atoms. The van der Waals surface area contributed by atoms with Crippen LogP contribution < -0.4 is 14.2 Å². The Morgan fingerprint density at radius 1 is 0.662 bits per heavy atom. The van der Waals surface area contributed by atoms with Crippen molar-refractivity contribution in [2.24, 2.45) is 0 Å². The number of ether oxygens (including phenoxy) is 5. The number of phenols is 1. The zero-order valence-electron chi connectivity index (χ0n) is 35.2. The summed E-state index contributed by atoms with van der Waals surface area (Å²) in [5.74, 6) is 0.708. The van der Waals surface area contributed by atoms with Crippen LogP contribution >= 0.6 is 47.8 Å². The molecular formula is C49H44Br3F3O10. The molecule has 5 aliphatic rings. The molecule has 4 unspecified atom stereocenters. The molecule has 5 aromatic rings. The number of aliphatic hydroxyl groups is 1. The predicted octanol–water partition coefficient (Wildman–Crippen LogP) is 11.4.